The summed E-state index contributed by atoms with van der Waals surface area (Å²) < 4.78 is 0. The second-order valence-corrected chi connectivity index (χ2v) is 9.24. The van der Waals surface area contributed by atoms with E-state index in [1.54, 1.807) is 15.3 Å². The molecule has 0 bridgehead atoms. The zero-order valence-electron chi connectivity index (χ0n) is 14.3. The lowest BCUT2D eigenvalue weighted by molar-refractivity contribution is 0.379. The van der Waals surface area contributed by atoms with Crippen LogP contribution in [0.5, 0.6) is 0 Å². The lowest BCUT2D eigenvalue weighted by Crippen LogP contribution is -2.22. The summed E-state index contributed by atoms with van der Waals surface area (Å²) in [6, 6.07) is 2.49. The van der Waals surface area contributed by atoms with Crippen molar-refractivity contribution in [3.8, 4) is 0 Å². The van der Waals surface area contributed by atoms with Crippen molar-refractivity contribution in [1.82, 2.24) is 0 Å². The zero-order chi connectivity index (χ0) is 15.0. The second kappa shape index (κ2) is 5.60. The molecular formula is C18H32S. The standard InChI is InChI=1S/C18H32S/c1-12(2)10-14-11-15(18(8,9)13(3)4)19-16(14)17(5,6)7/h11-13H,10H2,1-9H3. The Labute approximate surface area is 124 Å². The fraction of sp³-hybridized carbons (Fsp3) is 0.778. The molecule has 0 saturated carbocycles. The fourth-order valence-corrected chi connectivity index (χ4v) is 3.76. The zero-order valence-corrected chi connectivity index (χ0v) is 15.2. The van der Waals surface area contributed by atoms with E-state index in [0.29, 0.717) is 5.92 Å². The average Bonchev–Trinajstić information content (AvgIpc) is 2.60. The molecule has 0 atom stereocenters. The molecule has 0 N–H and O–H groups in total. The molecule has 0 saturated heterocycles. The second-order valence-electron chi connectivity index (χ2n) is 8.19. The van der Waals surface area contributed by atoms with Crippen LogP contribution in [0.2, 0.25) is 0 Å². The van der Waals surface area contributed by atoms with E-state index >= 15 is 0 Å². The Balaban J connectivity index is 3.29. The lowest BCUT2D eigenvalue weighted by atomic mass is 9.79. The Morgan fingerprint density at radius 2 is 1.53 bits per heavy atom. The Kier molecular flexibility index (Phi) is 4.93. The first-order chi connectivity index (χ1) is 8.46. The van der Waals surface area contributed by atoms with Gasteiger partial charge in [-0.1, -0.05) is 62.3 Å². The Hall–Kier alpha value is -0.300. The normalized spacial score (nSPS) is 13.6. The van der Waals surface area contributed by atoms with Crippen molar-refractivity contribution in [3.05, 3.63) is 21.4 Å². The van der Waals surface area contributed by atoms with Crippen LogP contribution in [0.1, 0.15) is 77.6 Å². The molecule has 1 heteroatoms. The van der Waals surface area contributed by atoms with Crippen LogP contribution in [0.4, 0.5) is 0 Å². The van der Waals surface area contributed by atoms with Crippen LogP contribution in [-0.4, -0.2) is 0 Å². The van der Waals surface area contributed by atoms with E-state index in [0.717, 1.165) is 5.92 Å². The van der Waals surface area contributed by atoms with Gasteiger partial charge in [-0.15, -0.1) is 11.3 Å². The molecule has 0 nitrogen and oxygen atoms in total. The van der Waals surface area contributed by atoms with Gasteiger partial charge in [0.15, 0.2) is 0 Å². The van der Waals surface area contributed by atoms with Gasteiger partial charge in [0.05, 0.1) is 0 Å². The maximum atomic E-state index is 2.49. The summed E-state index contributed by atoms with van der Waals surface area (Å²) in [4.78, 5) is 3.15. The van der Waals surface area contributed by atoms with Gasteiger partial charge < -0.3 is 0 Å². The molecule has 0 aromatic carbocycles. The summed E-state index contributed by atoms with van der Waals surface area (Å²) in [5, 5.41) is 0. The minimum absolute atomic E-state index is 0.264. The summed E-state index contributed by atoms with van der Waals surface area (Å²) in [6.07, 6.45) is 1.21. The van der Waals surface area contributed by atoms with Crippen LogP contribution in [0.25, 0.3) is 0 Å². The molecule has 1 aromatic rings. The number of hydrogen-bond donors (Lipinski definition) is 0. The SMILES string of the molecule is CC(C)Cc1cc(C(C)(C)C(C)C)sc1C(C)(C)C. The van der Waals surface area contributed by atoms with E-state index in [4.69, 9.17) is 0 Å². The van der Waals surface area contributed by atoms with Crippen molar-refractivity contribution >= 4 is 11.3 Å². The highest BCUT2D eigenvalue weighted by atomic mass is 32.1. The van der Waals surface area contributed by atoms with Crippen LogP contribution < -0.4 is 0 Å². The molecule has 0 aliphatic rings. The van der Waals surface area contributed by atoms with Crippen LogP contribution in [-0.2, 0) is 17.3 Å². The van der Waals surface area contributed by atoms with Crippen molar-refractivity contribution in [3.63, 3.8) is 0 Å². The Morgan fingerprint density at radius 1 is 1.00 bits per heavy atom. The van der Waals surface area contributed by atoms with Gasteiger partial charge in [0.1, 0.15) is 0 Å². The highest BCUT2D eigenvalue weighted by Gasteiger charge is 2.30. The molecule has 0 aliphatic carbocycles. The fourth-order valence-electron chi connectivity index (χ4n) is 2.26. The van der Waals surface area contributed by atoms with Crippen molar-refractivity contribution in [2.45, 2.75) is 79.6 Å². The highest BCUT2D eigenvalue weighted by molar-refractivity contribution is 7.12. The third-order valence-electron chi connectivity index (χ3n) is 4.20. The summed E-state index contributed by atoms with van der Waals surface area (Å²) in [7, 11) is 0. The molecular weight excluding hydrogens is 248 g/mol. The molecule has 1 heterocycles. The quantitative estimate of drug-likeness (QED) is 0.618. The Bertz CT molecular complexity index is 413. The summed E-state index contributed by atoms with van der Waals surface area (Å²) in [6.45, 7) is 21.1. The van der Waals surface area contributed by atoms with Gasteiger partial charge in [-0.3, -0.25) is 0 Å². The number of rotatable bonds is 4. The molecule has 0 unspecified atom stereocenters. The topological polar surface area (TPSA) is 0 Å². The average molecular weight is 281 g/mol. The van der Waals surface area contributed by atoms with E-state index in [1.165, 1.54) is 6.42 Å². The van der Waals surface area contributed by atoms with Crippen LogP contribution >= 0.6 is 11.3 Å². The summed E-state index contributed by atoms with van der Waals surface area (Å²) >= 11 is 2.04. The van der Waals surface area contributed by atoms with Gasteiger partial charge in [-0.25, -0.2) is 0 Å². The molecule has 0 spiro atoms. The van der Waals surface area contributed by atoms with Gasteiger partial charge in [-0.2, -0.15) is 0 Å². The van der Waals surface area contributed by atoms with Crippen LogP contribution in [0, 0.1) is 11.8 Å². The van der Waals surface area contributed by atoms with E-state index in [2.05, 4.69) is 68.4 Å². The molecule has 0 fully saturated rings. The van der Waals surface area contributed by atoms with Crippen molar-refractivity contribution in [2.75, 3.05) is 0 Å². The molecule has 0 aliphatic heterocycles. The van der Waals surface area contributed by atoms with Crippen molar-refractivity contribution < 1.29 is 0 Å². The molecule has 1 aromatic heterocycles. The van der Waals surface area contributed by atoms with Crippen molar-refractivity contribution in [1.29, 1.82) is 0 Å². The first-order valence-corrected chi connectivity index (χ1v) is 8.41. The van der Waals surface area contributed by atoms with Gasteiger partial charge >= 0.3 is 0 Å². The summed E-state index contributed by atoms with van der Waals surface area (Å²) in [5.41, 5.74) is 2.12. The number of hydrogen-bond acceptors (Lipinski definition) is 1. The lowest BCUT2D eigenvalue weighted by Gasteiger charge is -2.28. The molecule has 19 heavy (non-hydrogen) atoms. The summed E-state index contributed by atoms with van der Waals surface area (Å²) in [5.74, 6) is 1.40. The minimum Gasteiger partial charge on any atom is -0.144 e. The first-order valence-electron chi connectivity index (χ1n) is 7.60. The van der Waals surface area contributed by atoms with Gasteiger partial charge in [0, 0.05) is 15.2 Å². The van der Waals surface area contributed by atoms with Crippen LogP contribution in [0.3, 0.4) is 0 Å². The van der Waals surface area contributed by atoms with Gasteiger partial charge in [0.25, 0.3) is 0 Å². The smallest absolute Gasteiger partial charge is 0.0134 e. The van der Waals surface area contributed by atoms with Crippen molar-refractivity contribution in [2.24, 2.45) is 11.8 Å². The molecule has 1 rings (SSSR count). The molecule has 110 valence electrons. The molecule has 0 amide bonds. The number of thiophene rings is 1. The predicted molar refractivity (Wildman–Crippen MR) is 89.4 cm³/mol. The van der Waals surface area contributed by atoms with E-state index < -0.39 is 0 Å². The highest BCUT2D eigenvalue weighted by Crippen LogP contribution is 2.42. The Morgan fingerprint density at radius 3 is 1.89 bits per heavy atom. The largest absolute Gasteiger partial charge is 0.144 e. The maximum absolute atomic E-state index is 2.49. The first kappa shape index (κ1) is 16.8. The van der Waals surface area contributed by atoms with Gasteiger partial charge in [-0.05, 0) is 35.3 Å². The maximum Gasteiger partial charge on any atom is 0.0134 e. The monoisotopic (exact) mass is 280 g/mol. The van der Waals surface area contributed by atoms with Gasteiger partial charge in [0.2, 0.25) is 0 Å². The van der Waals surface area contributed by atoms with E-state index in [-0.39, 0.29) is 10.8 Å². The predicted octanol–water partition coefficient (Wildman–Crippen LogP) is 6.18. The third kappa shape index (κ3) is 3.84. The van der Waals surface area contributed by atoms with E-state index in [9.17, 15) is 0 Å². The minimum atomic E-state index is 0.264. The van der Waals surface area contributed by atoms with Crippen LogP contribution in [0.15, 0.2) is 6.07 Å². The van der Waals surface area contributed by atoms with E-state index in [1.807, 2.05) is 11.3 Å². The third-order valence-corrected chi connectivity index (χ3v) is 6.14. The molecule has 0 radical (unpaired) electrons.